The van der Waals surface area contributed by atoms with Crippen LogP contribution in [0, 0.1) is 26.6 Å². The van der Waals surface area contributed by atoms with E-state index in [9.17, 15) is 4.39 Å². The number of hydrogen-bond donors (Lipinski definition) is 1. The first kappa shape index (κ1) is 14.3. The van der Waals surface area contributed by atoms with Gasteiger partial charge in [0.05, 0.1) is 0 Å². The molecule has 0 radical (unpaired) electrons. The second kappa shape index (κ2) is 5.30. The number of hydrogen-bond acceptors (Lipinski definition) is 1. The predicted octanol–water partition coefficient (Wildman–Crippen LogP) is 3.94. The predicted molar refractivity (Wildman–Crippen MR) is 84.0 cm³/mol. The van der Waals surface area contributed by atoms with Gasteiger partial charge in [-0.2, -0.15) is 0 Å². The first-order valence-electron chi connectivity index (χ1n) is 7.67. The summed E-state index contributed by atoms with van der Waals surface area (Å²) in [7, 11) is 0. The van der Waals surface area contributed by atoms with Gasteiger partial charge in [-0.3, -0.25) is 0 Å². The van der Waals surface area contributed by atoms with E-state index in [1.54, 1.807) is 0 Å². The van der Waals surface area contributed by atoms with Crippen LogP contribution in [0.5, 0.6) is 0 Å². The number of fused-ring (bicyclic) bond motifs is 1. The maximum atomic E-state index is 13.8. The van der Waals surface area contributed by atoms with E-state index in [1.165, 1.54) is 17.0 Å². The summed E-state index contributed by atoms with van der Waals surface area (Å²) in [5.74, 6) is -0.0907. The lowest BCUT2D eigenvalue weighted by atomic mass is 9.93. The molecule has 2 aromatic rings. The van der Waals surface area contributed by atoms with Gasteiger partial charge >= 0.3 is 0 Å². The molecule has 1 aliphatic rings. The highest BCUT2D eigenvalue weighted by Crippen LogP contribution is 2.31. The van der Waals surface area contributed by atoms with E-state index in [0.29, 0.717) is 0 Å². The topological polar surface area (TPSA) is 30.9 Å². The fourth-order valence-corrected chi connectivity index (χ4v) is 3.53. The molecule has 0 aliphatic heterocycles. The zero-order valence-electron chi connectivity index (χ0n) is 13.0. The highest BCUT2D eigenvalue weighted by atomic mass is 19.1. The van der Waals surface area contributed by atoms with Gasteiger partial charge in [0.25, 0.3) is 0 Å². The molecule has 0 saturated heterocycles. The van der Waals surface area contributed by atoms with Crippen molar-refractivity contribution >= 4 is 0 Å². The molecule has 3 heteroatoms. The number of nitrogens with zero attached hydrogens (tertiary/aromatic N) is 1. The second-order valence-electron chi connectivity index (χ2n) is 6.32. The van der Waals surface area contributed by atoms with Gasteiger partial charge in [-0.1, -0.05) is 12.1 Å². The Hall–Kier alpha value is -1.61. The molecule has 0 fully saturated rings. The summed E-state index contributed by atoms with van der Waals surface area (Å²) in [5, 5.41) is 0. The molecule has 0 amide bonds. The van der Waals surface area contributed by atoms with E-state index in [2.05, 4.69) is 17.6 Å². The van der Waals surface area contributed by atoms with Crippen molar-refractivity contribution in [1.82, 2.24) is 4.57 Å². The molecule has 1 unspecified atom stereocenters. The highest BCUT2D eigenvalue weighted by Gasteiger charge is 2.22. The molecule has 0 spiro atoms. The van der Waals surface area contributed by atoms with Crippen LogP contribution in [0.1, 0.15) is 52.5 Å². The minimum absolute atomic E-state index is 0.0907. The van der Waals surface area contributed by atoms with E-state index < -0.39 is 0 Å². The number of halogens is 1. The summed E-state index contributed by atoms with van der Waals surface area (Å²) in [6.45, 7) is 6.60. The molecule has 21 heavy (non-hydrogen) atoms. The average molecular weight is 286 g/mol. The Morgan fingerprint density at radius 2 is 1.86 bits per heavy atom. The van der Waals surface area contributed by atoms with Crippen LogP contribution in [0.25, 0.3) is 0 Å². The molecule has 2 N–H and O–H groups in total. The average Bonchev–Trinajstić information content (AvgIpc) is 2.75. The number of rotatable bonds is 2. The summed E-state index contributed by atoms with van der Waals surface area (Å²) in [5.41, 5.74) is 12.7. The molecule has 1 atom stereocenters. The maximum Gasteiger partial charge on any atom is 0.129 e. The molecule has 0 saturated carbocycles. The number of aromatic nitrogens is 1. The largest absolute Gasteiger partial charge is 0.344 e. The molecule has 1 heterocycles. The van der Waals surface area contributed by atoms with E-state index >= 15 is 0 Å². The molecular weight excluding hydrogens is 263 g/mol. The van der Waals surface area contributed by atoms with Gasteiger partial charge in [-0.05, 0) is 68.4 Å². The fraction of sp³-hybridized carbons (Fsp3) is 0.444. The van der Waals surface area contributed by atoms with Crippen LogP contribution in [0.4, 0.5) is 4.39 Å². The maximum absolute atomic E-state index is 13.8. The van der Waals surface area contributed by atoms with Crippen molar-refractivity contribution in [2.75, 3.05) is 0 Å². The molecule has 2 nitrogen and oxygen atoms in total. The third kappa shape index (κ3) is 2.51. The number of benzene rings is 1. The lowest BCUT2D eigenvalue weighted by molar-refractivity contribution is 0.546. The van der Waals surface area contributed by atoms with Gasteiger partial charge in [-0.15, -0.1) is 0 Å². The van der Waals surface area contributed by atoms with E-state index in [4.69, 9.17) is 5.73 Å². The Morgan fingerprint density at radius 3 is 2.52 bits per heavy atom. The van der Waals surface area contributed by atoms with E-state index in [-0.39, 0.29) is 11.9 Å². The number of nitrogens with two attached hydrogens (primary N) is 1. The van der Waals surface area contributed by atoms with Crippen molar-refractivity contribution in [2.45, 2.75) is 52.6 Å². The Balaban J connectivity index is 1.99. The minimum Gasteiger partial charge on any atom is -0.344 e. The lowest BCUT2D eigenvalue weighted by Crippen LogP contribution is -2.18. The van der Waals surface area contributed by atoms with Gasteiger partial charge in [0.1, 0.15) is 5.82 Å². The van der Waals surface area contributed by atoms with Gasteiger partial charge < -0.3 is 10.3 Å². The Kier molecular flexibility index (Phi) is 3.62. The standard InChI is InChI=1S/C18H23FN2/c1-11-7-14(8-12(2)18(11)19)10-21-13(3)9-15-16(20)5-4-6-17(15)21/h7-9,16H,4-6,10,20H2,1-3H3. The molecule has 1 aliphatic carbocycles. The molecule has 1 aromatic heterocycles. The summed E-state index contributed by atoms with van der Waals surface area (Å²) in [6.07, 6.45) is 3.32. The molecule has 1 aromatic carbocycles. The van der Waals surface area contributed by atoms with Crippen LogP contribution in [0.3, 0.4) is 0 Å². The Morgan fingerprint density at radius 1 is 1.19 bits per heavy atom. The highest BCUT2D eigenvalue weighted by molar-refractivity contribution is 5.35. The van der Waals surface area contributed by atoms with Gasteiger partial charge in [0.15, 0.2) is 0 Å². The molecular formula is C18H23FN2. The van der Waals surface area contributed by atoms with Crippen molar-refractivity contribution in [2.24, 2.45) is 5.73 Å². The molecule has 0 bridgehead atoms. The van der Waals surface area contributed by atoms with Crippen LogP contribution >= 0.6 is 0 Å². The Bertz CT molecular complexity index is 662. The van der Waals surface area contributed by atoms with E-state index in [0.717, 1.165) is 42.5 Å². The van der Waals surface area contributed by atoms with Gasteiger partial charge in [0.2, 0.25) is 0 Å². The zero-order chi connectivity index (χ0) is 15.1. The fourth-order valence-electron chi connectivity index (χ4n) is 3.53. The summed E-state index contributed by atoms with van der Waals surface area (Å²) in [6, 6.07) is 6.31. The van der Waals surface area contributed by atoms with Gasteiger partial charge in [-0.25, -0.2) is 4.39 Å². The van der Waals surface area contributed by atoms with Crippen LogP contribution in [0.2, 0.25) is 0 Å². The summed E-state index contributed by atoms with van der Waals surface area (Å²) >= 11 is 0. The number of aryl methyl sites for hydroxylation is 3. The zero-order valence-corrected chi connectivity index (χ0v) is 13.0. The van der Waals surface area contributed by atoms with Crippen LogP contribution in [-0.4, -0.2) is 4.57 Å². The molecule has 3 rings (SSSR count). The summed E-state index contributed by atoms with van der Waals surface area (Å²) < 4.78 is 16.1. The SMILES string of the molecule is Cc1cc(Cn2c(C)cc3c2CCCC3N)cc(C)c1F. The lowest BCUT2D eigenvalue weighted by Gasteiger charge is -2.21. The quantitative estimate of drug-likeness (QED) is 0.890. The third-order valence-corrected chi connectivity index (χ3v) is 4.61. The minimum atomic E-state index is -0.0907. The second-order valence-corrected chi connectivity index (χ2v) is 6.32. The van der Waals surface area contributed by atoms with Crippen molar-refractivity contribution < 1.29 is 4.39 Å². The summed E-state index contributed by atoms with van der Waals surface area (Å²) in [4.78, 5) is 0. The first-order chi connectivity index (χ1) is 9.97. The van der Waals surface area contributed by atoms with E-state index in [1.807, 2.05) is 26.0 Å². The Labute approximate surface area is 125 Å². The van der Waals surface area contributed by atoms with Crippen LogP contribution < -0.4 is 5.73 Å². The van der Waals surface area contributed by atoms with Gasteiger partial charge in [0, 0.05) is 24.0 Å². The smallest absolute Gasteiger partial charge is 0.129 e. The van der Waals surface area contributed by atoms with Crippen molar-refractivity contribution in [3.8, 4) is 0 Å². The van der Waals surface area contributed by atoms with Crippen LogP contribution in [-0.2, 0) is 13.0 Å². The monoisotopic (exact) mass is 286 g/mol. The third-order valence-electron chi connectivity index (χ3n) is 4.61. The normalized spacial score (nSPS) is 17.9. The van der Waals surface area contributed by atoms with Crippen molar-refractivity contribution in [1.29, 1.82) is 0 Å². The van der Waals surface area contributed by atoms with Crippen molar-refractivity contribution in [3.05, 3.63) is 57.7 Å². The van der Waals surface area contributed by atoms with Crippen molar-refractivity contribution in [3.63, 3.8) is 0 Å². The first-order valence-corrected chi connectivity index (χ1v) is 7.67. The van der Waals surface area contributed by atoms with Crippen LogP contribution in [0.15, 0.2) is 18.2 Å². The molecule has 112 valence electrons.